The van der Waals surface area contributed by atoms with Crippen LogP contribution in [0.2, 0.25) is 0 Å². The second kappa shape index (κ2) is 4.75. The van der Waals surface area contributed by atoms with Crippen LogP contribution in [0.5, 0.6) is 5.75 Å². The Labute approximate surface area is 105 Å². The van der Waals surface area contributed by atoms with E-state index in [0.29, 0.717) is 29.3 Å². The average Bonchev–Trinajstić information content (AvgIpc) is 2.32. The zero-order valence-electron chi connectivity index (χ0n) is 9.85. The maximum atomic E-state index is 9.69. The van der Waals surface area contributed by atoms with Crippen molar-refractivity contribution in [3.05, 3.63) is 42.0 Å². The van der Waals surface area contributed by atoms with E-state index in [1.807, 2.05) is 0 Å². The van der Waals surface area contributed by atoms with E-state index in [4.69, 9.17) is 17.2 Å². The topological polar surface area (TPSA) is 110 Å². The highest BCUT2D eigenvalue weighted by Crippen LogP contribution is 2.26. The molecule has 0 heterocycles. The van der Waals surface area contributed by atoms with E-state index < -0.39 is 0 Å². The van der Waals surface area contributed by atoms with Crippen LogP contribution < -0.4 is 22.5 Å². The fourth-order valence-electron chi connectivity index (χ4n) is 1.67. The summed E-state index contributed by atoms with van der Waals surface area (Å²) in [5, 5.41) is 12.8. The highest BCUT2D eigenvalue weighted by Gasteiger charge is 2.03. The standard InChI is InChI=1S/C13H16N4O/c14-9-1-3-11(16)8(5-9)7-17-12-4-2-10(15)6-13(12)18/h1-6,17-18H,7,14-16H2. The first kappa shape index (κ1) is 11.9. The molecule has 0 aliphatic heterocycles. The molecule has 0 fully saturated rings. The summed E-state index contributed by atoms with van der Waals surface area (Å²) >= 11 is 0. The van der Waals surface area contributed by atoms with Gasteiger partial charge in [0.25, 0.3) is 0 Å². The van der Waals surface area contributed by atoms with Crippen molar-refractivity contribution in [2.45, 2.75) is 6.54 Å². The Morgan fingerprint density at radius 3 is 2.33 bits per heavy atom. The molecule has 0 aliphatic rings. The number of rotatable bonds is 3. The minimum atomic E-state index is 0.109. The van der Waals surface area contributed by atoms with Crippen molar-refractivity contribution in [2.75, 3.05) is 22.5 Å². The second-order valence-electron chi connectivity index (χ2n) is 4.09. The summed E-state index contributed by atoms with van der Waals surface area (Å²) < 4.78 is 0. The molecule has 0 bridgehead atoms. The molecule has 0 aromatic heterocycles. The van der Waals surface area contributed by atoms with Gasteiger partial charge in [-0.2, -0.15) is 0 Å². The van der Waals surface area contributed by atoms with Crippen LogP contribution in [-0.2, 0) is 6.54 Å². The minimum absolute atomic E-state index is 0.109. The van der Waals surface area contributed by atoms with Gasteiger partial charge in [-0.3, -0.25) is 0 Å². The molecule has 5 heteroatoms. The highest BCUT2D eigenvalue weighted by molar-refractivity contribution is 5.63. The summed E-state index contributed by atoms with van der Waals surface area (Å²) in [7, 11) is 0. The molecule has 5 nitrogen and oxygen atoms in total. The molecule has 0 saturated carbocycles. The van der Waals surface area contributed by atoms with Crippen molar-refractivity contribution < 1.29 is 5.11 Å². The van der Waals surface area contributed by atoms with Gasteiger partial charge in [-0.25, -0.2) is 0 Å². The summed E-state index contributed by atoms with van der Waals surface area (Å²) in [5.74, 6) is 0.109. The molecule has 94 valence electrons. The quantitative estimate of drug-likeness (QED) is 0.417. The van der Waals surface area contributed by atoms with Gasteiger partial charge in [-0.15, -0.1) is 0 Å². The SMILES string of the molecule is Nc1ccc(NCc2cc(N)ccc2N)c(O)c1. The third kappa shape index (κ3) is 2.57. The number of phenols is 1. The van der Waals surface area contributed by atoms with Crippen molar-refractivity contribution in [1.29, 1.82) is 0 Å². The van der Waals surface area contributed by atoms with Crippen LogP contribution in [0.4, 0.5) is 22.7 Å². The first-order valence-corrected chi connectivity index (χ1v) is 5.52. The Hall–Kier alpha value is -2.56. The summed E-state index contributed by atoms with van der Waals surface area (Å²) in [4.78, 5) is 0. The lowest BCUT2D eigenvalue weighted by atomic mass is 10.1. The summed E-state index contributed by atoms with van der Waals surface area (Å²) in [6.07, 6.45) is 0. The van der Waals surface area contributed by atoms with Crippen molar-refractivity contribution in [3.8, 4) is 5.75 Å². The van der Waals surface area contributed by atoms with Crippen molar-refractivity contribution in [1.82, 2.24) is 0 Å². The van der Waals surface area contributed by atoms with Crippen molar-refractivity contribution >= 4 is 22.7 Å². The van der Waals surface area contributed by atoms with Gasteiger partial charge in [0, 0.05) is 29.7 Å². The third-order valence-electron chi connectivity index (χ3n) is 2.66. The first-order valence-electron chi connectivity index (χ1n) is 5.52. The molecule has 2 rings (SSSR count). The number of hydrogen-bond donors (Lipinski definition) is 5. The number of anilines is 4. The van der Waals surface area contributed by atoms with Crippen LogP contribution in [0.25, 0.3) is 0 Å². The number of nitrogens with one attached hydrogen (secondary N) is 1. The Balaban J connectivity index is 2.13. The van der Waals surface area contributed by atoms with Gasteiger partial charge in [0.15, 0.2) is 0 Å². The maximum absolute atomic E-state index is 9.69. The number of aromatic hydroxyl groups is 1. The molecule has 0 spiro atoms. The van der Waals surface area contributed by atoms with Crippen LogP contribution in [0.3, 0.4) is 0 Å². The van der Waals surface area contributed by atoms with E-state index in [9.17, 15) is 5.11 Å². The van der Waals surface area contributed by atoms with Crippen LogP contribution in [0, 0.1) is 0 Å². The smallest absolute Gasteiger partial charge is 0.140 e. The van der Waals surface area contributed by atoms with Crippen LogP contribution in [-0.4, -0.2) is 5.11 Å². The van der Waals surface area contributed by atoms with E-state index in [2.05, 4.69) is 5.32 Å². The van der Waals surface area contributed by atoms with Gasteiger partial charge in [0.05, 0.1) is 5.69 Å². The zero-order chi connectivity index (χ0) is 13.1. The molecule has 18 heavy (non-hydrogen) atoms. The highest BCUT2D eigenvalue weighted by atomic mass is 16.3. The third-order valence-corrected chi connectivity index (χ3v) is 2.66. The Kier molecular flexibility index (Phi) is 3.14. The van der Waals surface area contributed by atoms with Gasteiger partial charge in [0.1, 0.15) is 5.75 Å². The van der Waals surface area contributed by atoms with Crippen molar-refractivity contribution in [2.24, 2.45) is 0 Å². The summed E-state index contributed by atoms with van der Waals surface area (Å²) in [5.41, 5.74) is 20.4. The molecule has 0 saturated heterocycles. The first-order chi connectivity index (χ1) is 8.56. The van der Waals surface area contributed by atoms with E-state index in [1.54, 1.807) is 30.3 Å². The molecular formula is C13H16N4O. The number of hydrogen-bond acceptors (Lipinski definition) is 5. The monoisotopic (exact) mass is 244 g/mol. The molecule has 0 aliphatic carbocycles. The van der Waals surface area contributed by atoms with E-state index in [0.717, 1.165) is 5.56 Å². The van der Waals surface area contributed by atoms with E-state index >= 15 is 0 Å². The van der Waals surface area contributed by atoms with Gasteiger partial charge in [0.2, 0.25) is 0 Å². The number of nitrogens with two attached hydrogens (primary N) is 3. The Morgan fingerprint density at radius 1 is 0.944 bits per heavy atom. The second-order valence-corrected chi connectivity index (χ2v) is 4.09. The minimum Gasteiger partial charge on any atom is -0.506 e. The number of benzene rings is 2. The molecule has 0 unspecified atom stereocenters. The lowest BCUT2D eigenvalue weighted by Gasteiger charge is -2.11. The summed E-state index contributed by atoms with van der Waals surface area (Å²) in [6, 6.07) is 10.2. The van der Waals surface area contributed by atoms with Gasteiger partial charge >= 0.3 is 0 Å². The fraction of sp³-hybridized carbons (Fsp3) is 0.0769. The predicted octanol–water partition coefficient (Wildman–Crippen LogP) is 1.75. The molecule has 0 radical (unpaired) electrons. The van der Waals surface area contributed by atoms with Crippen LogP contribution in [0.15, 0.2) is 36.4 Å². The molecular weight excluding hydrogens is 228 g/mol. The normalized spacial score (nSPS) is 10.2. The maximum Gasteiger partial charge on any atom is 0.140 e. The molecule has 2 aromatic rings. The van der Waals surface area contributed by atoms with Crippen LogP contribution in [0.1, 0.15) is 5.56 Å². The average molecular weight is 244 g/mol. The van der Waals surface area contributed by atoms with E-state index in [-0.39, 0.29) is 5.75 Å². The lowest BCUT2D eigenvalue weighted by Crippen LogP contribution is -2.04. The molecule has 0 atom stereocenters. The van der Waals surface area contributed by atoms with Gasteiger partial charge < -0.3 is 27.6 Å². The zero-order valence-corrected chi connectivity index (χ0v) is 9.85. The number of phenolic OH excluding ortho intramolecular Hbond substituents is 1. The molecule has 0 amide bonds. The molecule has 2 aromatic carbocycles. The van der Waals surface area contributed by atoms with E-state index in [1.165, 1.54) is 6.07 Å². The fourth-order valence-corrected chi connectivity index (χ4v) is 1.67. The number of nitrogen functional groups attached to an aromatic ring is 3. The summed E-state index contributed by atoms with van der Waals surface area (Å²) in [6.45, 7) is 0.481. The van der Waals surface area contributed by atoms with Crippen molar-refractivity contribution in [3.63, 3.8) is 0 Å². The van der Waals surface area contributed by atoms with Gasteiger partial charge in [-0.1, -0.05) is 0 Å². The van der Waals surface area contributed by atoms with Crippen LogP contribution >= 0.6 is 0 Å². The largest absolute Gasteiger partial charge is 0.506 e. The van der Waals surface area contributed by atoms with Gasteiger partial charge in [-0.05, 0) is 35.9 Å². The predicted molar refractivity (Wildman–Crippen MR) is 75.1 cm³/mol. The molecule has 8 N–H and O–H groups in total. The lowest BCUT2D eigenvalue weighted by molar-refractivity contribution is 0.477. The Morgan fingerprint density at radius 2 is 1.61 bits per heavy atom. The Bertz CT molecular complexity index is 569.